The molecule has 0 fully saturated rings. The molecule has 0 aliphatic rings. The molecule has 0 aliphatic carbocycles. The van der Waals surface area contributed by atoms with Gasteiger partial charge in [0.25, 0.3) is 0 Å². The predicted molar refractivity (Wildman–Crippen MR) is 152 cm³/mol. The summed E-state index contributed by atoms with van der Waals surface area (Å²) in [7, 11) is 4.69. The number of anilines is 3. The summed E-state index contributed by atoms with van der Waals surface area (Å²) in [6, 6.07) is 21.0. The Morgan fingerprint density at radius 2 is 1.13 bits per heavy atom. The van der Waals surface area contributed by atoms with E-state index in [4.69, 9.17) is 14.2 Å². The zero-order chi connectivity index (χ0) is 28.2. The van der Waals surface area contributed by atoms with E-state index >= 15 is 0 Å². The van der Waals surface area contributed by atoms with Crippen LogP contribution in [-0.4, -0.2) is 52.1 Å². The number of hydrogen-bond donors (Lipinski definition) is 1. The third-order valence-corrected chi connectivity index (χ3v) is 6.00. The van der Waals surface area contributed by atoms with Crippen LogP contribution in [0.3, 0.4) is 0 Å². The van der Waals surface area contributed by atoms with Gasteiger partial charge < -0.3 is 29.3 Å². The van der Waals surface area contributed by atoms with Gasteiger partial charge in [-0.3, -0.25) is 14.4 Å². The minimum Gasteiger partial charge on any atom is -0.497 e. The molecule has 39 heavy (non-hydrogen) atoms. The molecule has 204 valence electrons. The molecule has 3 rings (SSSR count). The average molecular weight is 532 g/mol. The summed E-state index contributed by atoms with van der Waals surface area (Å²) in [4.78, 5) is 41.7. The Bertz CT molecular complexity index is 1260. The third kappa shape index (κ3) is 8.10. The molecule has 0 aromatic heterocycles. The van der Waals surface area contributed by atoms with Crippen LogP contribution in [0.5, 0.6) is 17.2 Å². The lowest BCUT2D eigenvalue weighted by Crippen LogP contribution is -2.38. The Morgan fingerprint density at radius 1 is 0.692 bits per heavy atom. The number of benzene rings is 3. The summed E-state index contributed by atoms with van der Waals surface area (Å²) in [6.07, 6.45) is 1.30. The van der Waals surface area contributed by atoms with Gasteiger partial charge in [0.1, 0.15) is 17.2 Å². The van der Waals surface area contributed by atoms with E-state index in [1.807, 2.05) is 0 Å². The monoisotopic (exact) mass is 531 g/mol. The molecule has 0 aliphatic heterocycles. The van der Waals surface area contributed by atoms with E-state index in [0.29, 0.717) is 34.3 Å². The van der Waals surface area contributed by atoms with Crippen LogP contribution in [0.2, 0.25) is 0 Å². The number of carbonyl (C=O) groups is 3. The molecule has 3 amide bonds. The first-order chi connectivity index (χ1) is 18.9. The van der Waals surface area contributed by atoms with Gasteiger partial charge in [-0.15, -0.1) is 0 Å². The van der Waals surface area contributed by atoms with E-state index in [9.17, 15) is 14.4 Å². The van der Waals surface area contributed by atoms with Crippen molar-refractivity contribution in [2.24, 2.45) is 0 Å². The number of ether oxygens (including phenoxy) is 3. The predicted octanol–water partition coefficient (Wildman–Crippen LogP) is 4.68. The van der Waals surface area contributed by atoms with Crippen LogP contribution in [0.15, 0.2) is 85.5 Å². The number of carbonyl (C=O) groups excluding carboxylic acids is 3. The van der Waals surface area contributed by atoms with Crippen molar-refractivity contribution >= 4 is 34.8 Å². The summed E-state index contributed by atoms with van der Waals surface area (Å²) >= 11 is 0. The highest BCUT2D eigenvalue weighted by Crippen LogP contribution is 2.23. The molecule has 0 radical (unpaired) electrons. The maximum atomic E-state index is 13.5. The number of nitrogens with one attached hydrogen (secondary N) is 1. The molecular weight excluding hydrogens is 498 g/mol. The third-order valence-electron chi connectivity index (χ3n) is 6.00. The zero-order valence-corrected chi connectivity index (χ0v) is 22.4. The summed E-state index contributed by atoms with van der Waals surface area (Å²) in [5.74, 6) is 1.16. The number of hydrogen-bond acceptors (Lipinski definition) is 6. The maximum Gasteiger partial charge on any atom is 0.250 e. The average Bonchev–Trinajstić information content (AvgIpc) is 2.98. The molecular formula is C30H33N3O6. The molecule has 3 aromatic carbocycles. The minimum atomic E-state index is -0.331. The molecule has 0 unspecified atom stereocenters. The zero-order valence-electron chi connectivity index (χ0n) is 22.4. The minimum absolute atomic E-state index is 0.0255. The number of amides is 3. The van der Waals surface area contributed by atoms with E-state index in [1.54, 1.807) is 94.1 Å². The summed E-state index contributed by atoms with van der Waals surface area (Å²) < 4.78 is 15.6. The molecule has 0 saturated heterocycles. The highest BCUT2D eigenvalue weighted by Gasteiger charge is 2.21. The Hall–Kier alpha value is -4.79. The first-order valence-electron chi connectivity index (χ1n) is 12.3. The van der Waals surface area contributed by atoms with Crippen molar-refractivity contribution in [3.8, 4) is 17.2 Å². The van der Waals surface area contributed by atoms with E-state index in [-0.39, 0.29) is 43.7 Å². The van der Waals surface area contributed by atoms with Crippen LogP contribution >= 0.6 is 0 Å². The van der Waals surface area contributed by atoms with Crippen LogP contribution in [0, 0.1) is 0 Å². The lowest BCUT2D eigenvalue weighted by molar-refractivity contribution is -0.118. The fraction of sp³-hybridized carbons (Fsp3) is 0.233. The Kier molecular flexibility index (Phi) is 10.5. The van der Waals surface area contributed by atoms with Crippen molar-refractivity contribution in [1.29, 1.82) is 0 Å². The smallest absolute Gasteiger partial charge is 0.250 e. The van der Waals surface area contributed by atoms with Crippen molar-refractivity contribution in [2.75, 3.05) is 49.5 Å². The summed E-state index contributed by atoms with van der Waals surface area (Å²) in [5, 5.41) is 2.83. The normalized spacial score (nSPS) is 10.2. The van der Waals surface area contributed by atoms with Crippen LogP contribution in [0.4, 0.5) is 17.1 Å². The molecule has 0 atom stereocenters. The van der Waals surface area contributed by atoms with Gasteiger partial charge in [0.2, 0.25) is 17.7 Å². The van der Waals surface area contributed by atoms with Crippen molar-refractivity contribution in [3.63, 3.8) is 0 Å². The lowest BCUT2D eigenvalue weighted by Gasteiger charge is -2.26. The van der Waals surface area contributed by atoms with Crippen LogP contribution in [0.1, 0.15) is 12.8 Å². The standard InChI is InChI=1S/C30H33N3O6/c1-5-29(35)32(23-8-14-26(38-3)15-9-23)21-19-30(36)33(24-10-16-27(39-4)17-11-24)20-18-28(34)31-22-6-12-25(37-2)13-7-22/h5-17H,1,18-21H2,2-4H3,(H,31,34). The number of methoxy groups -OCH3 is 3. The molecule has 3 aromatic rings. The largest absolute Gasteiger partial charge is 0.497 e. The maximum absolute atomic E-state index is 13.5. The highest BCUT2D eigenvalue weighted by molar-refractivity contribution is 6.02. The van der Waals surface area contributed by atoms with Gasteiger partial charge in [0.15, 0.2) is 0 Å². The van der Waals surface area contributed by atoms with Crippen molar-refractivity contribution in [2.45, 2.75) is 12.8 Å². The van der Waals surface area contributed by atoms with Gasteiger partial charge in [0.05, 0.1) is 21.3 Å². The molecule has 0 spiro atoms. The van der Waals surface area contributed by atoms with E-state index in [1.165, 1.54) is 15.9 Å². The van der Waals surface area contributed by atoms with Gasteiger partial charge in [-0.1, -0.05) is 6.58 Å². The van der Waals surface area contributed by atoms with Gasteiger partial charge in [-0.2, -0.15) is 0 Å². The molecule has 1 N–H and O–H groups in total. The van der Waals surface area contributed by atoms with Gasteiger partial charge >= 0.3 is 0 Å². The second-order valence-corrected chi connectivity index (χ2v) is 8.41. The quantitative estimate of drug-likeness (QED) is 0.322. The molecule has 9 heteroatoms. The molecule has 0 saturated carbocycles. The Morgan fingerprint density at radius 3 is 1.59 bits per heavy atom. The second kappa shape index (κ2) is 14.2. The van der Waals surface area contributed by atoms with E-state index < -0.39 is 0 Å². The topological polar surface area (TPSA) is 97.4 Å². The number of nitrogens with zero attached hydrogens (tertiary/aromatic N) is 2. The van der Waals surface area contributed by atoms with Crippen molar-refractivity contribution < 1.29 is 28.6 Å². The van der Waals surface area contributed by atoms with Crippen LogP contribution in [0.25, 0.3) is 0 Å². The molecule has 0 heterocycles. The van der Waals surface area contributed by atoms with Crippen molar-refractivity contribution in [3.05, 3.63) is 85.5 Å². The second-order valence-electron chi connectivity index (χ2n) is 8.41. The molecule has 0 bridgehead atoms. The van der Waals surface area contributed by atoms with Gasteiger partial charge in [-0.25, -0.2) is 0 Å². The van der Waals surface area contributed by atoms with E-state index in [2.05, 4.69) is 11.9 Å². The fourth-order valence-corrected chi connectivity index (χ4v) is 3.85. The van der Waals surface area contributed by atoms with Crippen molar-refractivity contribution in [1.82, 2.24) is 0 Å². The number of rotatable bonds is 13. The summed E-state index contributed by atoms with van der Waals surface area (Å²) in [5.41, 5.74) is 1.86. The summed E-state index contributed by atoms with van der Waals surface area (Å²) in [6.45, 7) is 3.85. The molecule has 9 nitrogen and oxygen atoms in total. The van der Waals surface area contributed by atoms with Crippen LogP contribution in [-0.2, 0) is 14.4 Å². The highest BCUT2D eigenvalue weighted by atomic mass is 16.5. The first-order valence-corrected chi connectivity index (χ1v) is 12.3. The van der Waals surface area contributed by atoms with Gasteiger partial charge in [0, 0.05) is 43.0 Å². The van der Waals surface area contributed by atoms with E-state index in [0.717, 1.165) is 0 Å². The fourth-order valence-electron chi connectivity index (χ4n) is 3.85. The van der Waals surface area contributed by atoms with Crippen LogP contribution < -0.4 is 29.3 Å². The Labute approximate surface area is 228 Å². The first kappa shape index (κ1) is 28.8. The Balaban J connectivity index is 1.73. The SMILES string of the molecule is C=CC(=O)N(CCC(=O)N(CCC(=O)Nc1ccc(OC)cc1)c1ccc(OC)cc1)c1ccc(OC)cc1. The van der Waals surface area contributed by atoms with Gasteiger partial charge in [-0.05, 0) is 78.9 Å². The lowest BCUT2D eigenvalue weighted by atomic mass is 10.2.